The monoisotopic (exact) mass is 550 g/mol. The van der Waals surface area contributed by atoms with Crippen LogP contribution in [0.2, 0.25) is 0 Å². The summed E-state index contributed by atoms with van der Waals surface area (Å²) in [5.74, 6) is 0.307. The quantitative estimate of drug-likeness (QED) is 0.184. The first kappa shape index (κ1) is 27.3. The maximum Gasteiger partial charge on any atom is 0.343 e. The number of benzene rings is 4. The largest absolute Gasteiger partial charge is 0.494 e. The normalized spacial score (nSPS) is 13.9. The number of ether oxygens (including phenoxy) is 4. The molecule has 0 fully saturated rings. The molecule has 4 aromatic carbocycles. The zero-order chi connectivity index (χ0) is 28.8. The van der Waals surface area contributed by atoms with Gasteiger partial charge in [-0.3, -0.25) is 0 Å². The van der Waals surface area contributed by atoms with Crippen molar-refractivity contribution in [2.24, 2.45) is 5.73 Å². The van der Waals surface area contributed by atoms with Crippen molar-refractivity contribution in [1.82, 2.24) is 0 Å². The fraction of sp³-hybridized carbons (Fsp3) is 0.152. The van der Waals surface area contributed by atoms with E-state index in [2.05, 4.69) is 6.07 Å². The van der Waals surface area contributed by atoms with Crippen LogP contribution in [-0.4, -0.2) is 12.6 Å². The Bertz CT molecular complexity index is 1640. The summed E-state index contributed by atoms with van der Waals surface area (Å²) in [6, 6.07) is 27.4. The Morgan fingerprint density at radius 1 is 0.951 bits per heavy atom. The van der Waals surface area contributed by atoms with Gasteiger partial charge in [0.2, 0.25) is 5.88 Å². The Hall–Kier alpha value is -5.29. The highest BCUT2D eigenvalue weighted by Crippen LogP contribution is 2.44. The number of fused-ring (bicyclic) bond motifs is 1. The number of rotatable bonds is 9. The van der Waals surface area contributed by atoms with Gasteiger partial charge in [0.25, 0.3) is 0 Å². The molecule has 0 saturated heterocycles. The van der Waals surface area contributed by atoms with E-state index in [1.807, 2.05) is 13.0 Å². The lowest BCUT2D eigenvalue weighted by Crippen LogP contribution is -2.21. The fourth-order valence-corrected chi connectivity index (χ4v) is 4.48. The zero-order valence-electron chi connectivity index (χ0n) is 22.3. The molecule has 0 spiro atoms. The molecule has 1 heterocycles. The van der Waals surface area contributed by atoms with Crippen molar-refractivity contribution in [3.8, 4) is 29.1 Å². The van der Waals surface area contributed by atoms with E-state index >= 15 is 0 Å². The summed E-state index contributed by atoms with van der Waals surface area (Å²) >= 11 is 0. The first-order chi connectivity index (χ1) is 20.0. The number of esters is 1. The second-order valence-electron chi connectivity index (χ2n) is 9.34. The van der Waals surface area contributed by atoms with E-state index in [1.165, 1.54) is 6.07 Å². The molecule has 8 heteroatoms. The lowest BCUT2D eigenvalue weighted by Gasteiger charge is -2.27. The number of nitriles is 1. The van der Waals surface area contributed by atoms with Gasteiger partial charge in [-0.2, -0.15) is 5.26 Å². The number of hydrogen-bond donors (Lipinski definition) is 1. The lowest BCUT2D eigenvalue weighted by atomic mass is 9.83. The number of hydrogen-bond acceptors (Lipinski definition) is 7. The number of allylic oxidation sites excluding steroid dienone is 1. The highest BCUT2D eigenvalue weighted by molar-refractivity contribution is 5.91. The zero-order valence-corrected chi connectivity index (χ0v) is 22.3. The van der Waals surface area contributed by atoms with E-state index in [1.54, 1.807) is 78.9 Å². The molecule has 1 aliphatic rings. The van der Waals surface area contributed by atoms with Gasteiger partial charge >= 0.3 is 5.97 Å². The van der Waals surface area contributed by atoms with Crippen LogP contribution in [-0.2, 0) is 6.61 Å². The third-order valence-corrected chi connectivity index (χ3v) is 6.51. The minimum absolute atomic E-state index is 0.0474. The maximum absolute atomic E-state index is 14.0. The Balaban J connectivity index is 1.37. The second kappa shape index (κ2) is 12.3. The van der Waals surface area contributed by atoms with Gasteiger partial charge in [-0.05, 0) is 60.5 Å². The third kappa shape index (κ3) is 6.15. The molecule has 1 aliphatic heterocycles. The summed E-state index contributed by atoms with van der Waals surface area (Å²) in [6.45, 7) is 2.66. The van der Waals surface area contributed by atoms with Crippen LogP contribution in [0.3, 0.4) is 0 Å². The SMILES string of the molecule is CCCOc1ccc(C(=O)Oc2ccc3c(c2)OC(N)=C(C#N)C3c2cccc(OCc3ccccc3F)c2)cc1. The number of nitrogens with two attached hydrogens (primary N) is 1. The maximum atomic E-state index is 14.0. The minimum atomic E-state index is -0.554. The molecule has 0 bridgehead atoms. The number of carbonyl (C=O) groups excluding carboxylic acids is 1. The van der Waals surface area contributed by atoms with Gasteiger partial charge in [0.05, 0.1) is 18.1 Å². The van der Waals surface area contributed by atoms with E-state index < -0.39 is 11.9 Å². The van der Waals surface area contributed by atoms with Crippen LogP contribution in [0.5, 0.6) is 23.0 Å². The molecule has 4 aromatic rings. The Morgan fingerprint density at radius 2 is 1.73 bits per heavy atom. The molecule has 0 aromatic heterocycles. The minimum Gasteiger partial charge on any atom is -0.494 e. The van der Waals surface area contributed by atoms with Gasteiger partial charge in [0.1, 0.15) is 47.1 Å². The van der Waals surface area contributed by atoms with Crippen LogP contribution in [0.4, 0.5) is 4.39 Å². The smallest absolute Gasteiger partial charge is 0.343 e. The predicted molar refractivity (Wildman–Crippen MR) is 150 cm³/mol. The topological polar surface area (TPSA) is 104 Å². The molecule has 0 saturated carbocycles. The van der Waals surface area contributed by atoms with E-state index in [4.69, 9.17) is 24.7 Å². The number of carbonyl (C=O) groups is 1. The molecule has 1 atom stereocenters. The Labute approximate surface area is 237 Å². The fourth-order valence-electron chi connectivity index (χ4n) is 4.48. The molecule has 206 valence electrons. The molecule has 2 N–H and O–H groups in total. The summed E-state index contributed by atoms with van der Waals surface area (Å²) in [4.78, 5) is 12.8. The summed E-state index contributed by atoms with van der Waals surface area (Å²) in [5.41, 5.74) is 8.58. The van der Waals surface area contributed by atoms with E-state index in [0.29, 0.717) is 40.5 Å². The van der Waals surface area contributed by atoms with Crippen molar-refractivity contribution in [2.75, 3.05) is 6.61 Å². The summed E-state index contributed by atoms with van der Waals surface area (Å²) in [5, 5.41) is 9.92. The molecule has 0 radical (unpaired) electrons. The average molecular weight is 551 g/mol. The first-order valence-corrected chi connectivity index (χ1v) is 13.1. The van der Waals surface area contributed by atoms with Crippen LogP contribution in [0.25, 0.3) is 0 Å². The molecule has 5 rings (SSSR count). The first-order valence-electron chi connectivity index (χ1n) is 13.1. The molecule has 0 amide bonds. The van der Waals surface area contributed by atoms with Gasteiger partial charge in [-0.15, -0.1) is 0 Å². The van der Waals surface area contributed by atoms with Gasteiger partial charge < -0.3 is 24.7 Å². The molecule has 1 unspecified atom stereocenters. The van der Waals surface area contributed by atoms with Crippen molar-refractivity contribution in [1.29, 1.82) is 5.26 Å². The highest BCUT2D eigenvalue weighted by Gasteiger charge is 2.31. The van der Waals surface area contributed by atoms with E-state index in [0.717, 1.165) is 12.0 Å². The van der Waals surface area contributed by atoms with Crippen LogP contribution in [0.1, 0.15) is 46.3 Å². The summed E-state index contributed by atoms with van der Waals surface area (Å²) < 4.78 is 36.8. The van der Waals surface area contributed by atoms with Crippen LogP contribution < -0.4 is 24.7 Å². The molecule has 0 aliphatic carbocycles. The third-order valence-electron chi connectivity index (χ3n) is 6.51. The van der Waals surface area contributed by atoms with Crippen molar-refractivity contribution in [3.63, 3.8) is 0 Å². The van der Waals surface area contributed by atoms with Gasteiger partial charge in [-0.25, -0.2) is 9.18 Å². The Kier molecular flexibility index (Phi) is 8.16. The van der Waals surface area contributed by atoms with Crippen molar-refractivity contribution < 1.29 is 28.1 Å². The van der Waals surface area contributed by atoms with Crippen molar-refractivity contribution in [3.05, 3.63) is 131 Å². The second-order valence-corrected chi connectivity index (χ2v) is 9.34. The standard InChI is InChI=1S/C33H27FN2O5/c1-2-16-38-24-12-10-21(11-13-24)33(37)40-26-14-15-27-30(18-26)41-32(36)28(19-35)31(27)22-7-5-8-25(17-22)39-20-23-6-3-4-9-29(23)34/h3-15,17-18,31H,2,16,20,36H2,1H3. The van der Waals surface area contributed by atoms with Crippen molar-refractivity contribution in [2.45, 2.75) is 25.9 Å². The molecular formula is C33H27FN2O5. The van der Waals surface area contributed by atoms with Crippen LogP contribution in [0, 0.1) is 17.1 Å². The molecule has 41 heavy (non-hydrogen) atoms. The lowest BCUT2D eigenvalue weighted by molar-refractivity contribution is 0.0734. The molecule has 7 nitrogen and oxygen atoms in total. The highest BCUT2D eigenvalue weighted by atomic mass is 19.1. The predicted octanol–water partition coefficient (Wildman–Crippen LogP) is 6.63. The molecular weight excluding hydrogens is 523 g/mol. The van der Waals surface area contributed by atoms with Crippen LogP contribution in [0.15, 0.2) is 102 Å². The van der Waals surface area contributed by atoms with Crippen LogP contribution >= 0.6 is 0 Å². The average Bonchev–Trinajstić information content (AvgIpc) is 2.99. The van der Waals surface area contributed by atoms with Gasteiger partial charge in [0.15, 0.2) is 0 Å². The number of halogens is 1. The van der Waals surface area contributed by atoms with Gasteiger partial charge in [0, 0.05) is 17.2 Å². The van der Waals surface area contributed by atoms with Crippen molar-refractivity contribution >= 4 is 5.97 Å². The van der Waals surface area contributed by atoms with E-state index in [-0.39, 0.29) is 29.6 Å². The van der Waals surface area contributed by atoms with Gasteiger partial charge in [-0.1, -0.05) is 43.3 Å². The number of nitrogens with zero attached hydrogens (tertiary/aromatic N) is 1. The summed E-state index contributed by atoms with van der Waals surface area (Å²) in [6.07, 6.45) is 0.884. The Morgan fingerprint density at radius 3 is 2.49 bits per heavy atom. The summed E-state index contributed by atoms with van der Waals surface area (Å²) in [7, 11) is 0. The van der Waals surface area contributed by atoms with E-state index in [9.17, 15) is 14.4 Å².